The van der Waals surface area contributed by atoms with Gasteiger partial charge in [-0.25, -0.2) is 17.8 Å². The summed E-state index contributed by atoms with van der Waals surface area (Å²) in [5, 5.41) is 12.9. The number of aryl methyl sites for hydroxylation is 1. The van der Waals surface area contributed by atoms with Crippen LogP contribution in [0.1, 0.15) is 99.9 Å². The summed E-state index contributed by atoms with van der Waals surface area (Å²) < 4.78 is 54.6. The first-order valence-corrected chi connectivity index (χ1v) is 24.1. The molecular formula is C48H56FN5O7S. The standard InChI is InChI=1S/C48H56FN5O7S/c1-45-30-47(31-45,32-45)40-26-46(10-2-11-46)12-7-35(40)28-52-17-19-53(20-18-52)36-4-6-39(43(24-36)61-37-23-34-9-16-50-44(34)51-27-37)42(55)29-62(58,59)38-5-3-33(41(25-38)54(56)57)8-13-48(49)14-21-60-22-15-48/h3-6,9,16,23-25,27H,2,7-8,10-15,17-22,26,28-32H2,1H3,(H,50,51). The number of carbonyl (C=O) groups is 1. The van der Waals surface area contributed by atoms with Crippen LogP contribution in [0.3, 0.4) is 0 Å². The first-order chi connectivity index (χ1) is 29.7. The number of aromatic nitrogens is 2. The lowest BCUT2D eigenvalue weighted by Crippen LogP contribution is -2.62. The number of rotatable bonds is 14. The number of nitro groups is 1. The number of alkyl halides is 1. The van der Waals surface area contributed by atoms with Gasteiger partial charge in [0.05, 0.1) is 21.6 Å². The zero-order chi connectivity index (χ0) is 42.9. The third-order valence-corrected chi connectivity index (χ3v) is 17.1. The third kappa shape index (κ3) is 7.84. The number of carbonyl (C=O) groups excluding carboxylic acids is 1. The Morgan fingerprint density at radius 3 is 2.48 bits per heavy atom. The highest BCUT2D eigenvalue weighted by molar-refractivity contribution is 7.92. The molecule has 1 N–H and O–H groups in total. The van der Waals surface area contributed by atoms with Gasteiger partial charge in [0.15, 0.2) is 15.6 Å². The maximum absolute atomic E-state index is 15.3. The van der Waals surface area contributed by atoms with E-state index < -0.39 is 37.7 Å². The summed E-state index contributed by atoms with van der Waals surface area (Å²) in [4.78, 5) is 37.6. The molecule has 4 saturated carbocycles. The highest BCUT2D eigenvalue weighted by Crippen LogP contribution is 2.78. The average Bonchev–Trinajstić information content (AvgIpc) is 3.69. The zero-order valence-corrected chi connectivity index (χ0v) is 36.4. The van der Waals surface area contributed by atoms with Gasteiger partial charge < -0.3 is 19.4 Å². The summed E-state index contributed by atoms with van der Waals surface area (Å²) in [5.41, 5.74) is 5.12. The minimum atomic E-state index is -4.34. The first kappa shape index (κ1) is 41.4. The molecule has 4 heterocycles. The van der Waals surface area contributed by atoms with Crippen LogP contribution in [0.25, 0.3) is 11.0 Å². The number of halogens is 1. The molecular weight excluding hydrogens is 810 g/mol. The summed E-state index contributed by atoms with van der Waals surface area (Å²) in [7, 11) is -4.34. The molecule has 0 unspecified atom stereocenters. The Morgan fingerprint density at radius 1 is 1.00 bits per heavy atom. The fraction of sp³-hybridized carbons (Fsp3) is 0.542. The number of sulfone groups is 1. The Labute approximate surface area is 362 Å². The molecule has 0 radical (unpaired) electrons. The van der Waals surface area contributed by atoms with E-state index in [4.69, 9.17) is 9.47 Å². The van der Waals surface area contributed by atoms with E-state index in [9.17, 15) is 23.3 Å². The van der Waals surface area contributed by atoms with Gasteiger partial charge in [0, 0.05) is 93.7 Å². The molecule has 7 aliphatic rings. The number of anilines is 1. The molecule has 2 bridgehead atoms. The number of piperazine rings is 1. The Balaban J connectivity index is 0.860. The van der Waals surface area contributed by atoms with E-state index in [1.807, 2.05) is 17.7 Å². The van der Waals surface area contributed by atoms with E-state index >= 15 is 4.39 Å². The first-order valence-electron chi connectivity index (χ1n) is 22.4. The van der Waals surface area contributed by atoms with Gasteiger partial charge in [0.1, 0.15) is 28.6 Å². The molecule has 11 rings (SSSR count). The van der Waals surface area contributed by atoms with Crippen LogP contribution < -0.4 is 9.64 Å². The second-order valence-electron chi connectivity index (χ2n) is 19.9. The summed E-state index contributed by atoms with van der Waals surface area (Å²) >= 11 is 0. The van der Waals surface area contributed by atoms with Crippen molar-refractivity contribution in [3.8, 4) is 11.5 Å². The molecule has 12 nitrogen and oxygen atoms in total. The van der Waals surface area contributed by atoms with E-state index in [0.717, 1.165) is 49.9 Å². The summed E-state index contributed by atoms with van der Waals surface area (Å²) in [6.45, 7) is 7.48. The monoisotopic (exact) mass is 865 g/mol. The fourth-order valence-corrected chi connectivity index (χ4v) is 13.2. The molecule has 6 fully saturated rings. The molecule has 1 spiro atoms. The number of hydrogen-bond donors (Lipinski definition) is 1. The number of allylic oxidation sites excluding steroid dienone is 1. The minimum Gasteiger partial charge on any atom is -0.455 e. The summed E-state index contributed by atoms with van der Waals surface area (Å²) in [5.74, 6) is -1.06. The van der Waals surface area contributed by atoms with Crippen molar-refractivity contribution in [2.45, 2.75) is 101 Å². The van der Waals surface area contributed by atoms with E-state index in [1.54, 1.807) is 36.2 Å². The normalized spacial score (nSPS) is 25.5. The van der Waals surface area contributed by atoms with Crippen molar-refractivity contribution in [2.24, 2.45) is 16.2 Å². The van der Waals surface area contributed by atoms with E-state index in [2.05, 4.69) is 26.7 Å². The Hall–Kier alpha value is -4.66. The van der Waals surface area contributed by atoms with Crippen LogP contribution in [0.5, 0.6) is 11.5 Å². The van der Waals surface area contributed by atoms with Crippen molar-refractivity contribution >= 4 is 38.0 Å². The van der Waals surface area contributed by atoms with Gasteiger partial charge in [-0.3, -0.25) is 19.8 Å². The number of hydrogen-bond acceptors (Lipinski definition) is 10. The Morgan fingerprint density at radius 2 is 1.77 bits per heavy atom. The molecule has 2 saturated heterocycles. The Kier molecular flexibility index (Phi) is 10.4. The predicted octanol–water partition coefficient (Wildman–Crippen LogP) is 9.33. The van der Waals surface area contributed by atoms with Crippen LogP contribution in [0, 0.1) is 26.4 Å². The van der Waals surface area contributed by atoms with Gasteiger partial charge in [-0.05, 0) is 111 Å². The molecule has 0 atom stereocenters. The molecule has 0 amide bonds. The maximum atomic E-state index is 15.3. The average molecular weight is 866 g/mol. The van der Waals surface area contributed by atoms with Crippen LogP contribution in [0.2, 0.25) is 0 Å². The lowest BCUT2D eigenvalue weighted by Gasteiger charge is -2.72. The van der Waals surface area contributed by atoms with E-state index in [-0.39, 0.29) is 60.7 Å². The predicted molar refractivity (Wildman–Crippen MR) is 235 cm³/mol. The largest absolute Gasteiger partial charge is 0.455 e. The Bertz CT molecular complexity index is 2550. The van der Waals surface area contributed by atoms with Gasteiger partial charge in [-0.1, -0.05) is 30.6 Å². The summed E-state index contributed by atoms with van der Waals surface area (Å²) in [6, 6.07) is 12.5. The van der Waals surface area contributed by atoms with Crippen molar-refractivity contribution in [3.05, 3.63) is 93.3 Å². The van der Waals surface area contributed by atoms with Crippen molar-refractivity contribution in [1.29, 1.82) is 0 Å². The lowest BCUT2D eigenvalue weighted by molar-refractivity contribution is -0.385. The molecule has 2 aromatic carbocycles. The molecule has 328 valence electrons. The number of H-pyrrole nitrogens is 1. The van der Waals surface area contributed by atoms with E-state index in [1.165, 1.54) is 69.9 Å². The highest BCUT2D eigenvalue weighted by atomic mass is 32.2. The van der Waals surface area contributed by atoms with Crippen molar-refractivity contribution in [3.63, 3.8) is 0 Å². The number of benzene rings is 2. The molecule has 2 aliphatic heterocycles. The second-order valence-corrected chi connectivity index (χ2v) is 21.8. The summed E-state index contributed by atoms with van der Waals surface area (Å²) in [6.07, 6.45) is 16.1. The van der Waals surface area contributed by atoms with Crippen LogP contribution in [-0.4, -0.2) is 91.4 Å². The number of Topliss-reactive ketones (excluding diaryl/α,β-unsaturated/α-hetero) is 1. The van der Waals surface area contributed by atoms with Crippen LogP contribution in [-0.2, 0) is 21.0 Å². The number of nitrogens with one attached hydrogen (secondary N) is 1. The van der Waals surface area contributed by atoms with E-state index in [0.29, 0.717) is 27.6 Å². The number of ketones is 1. The number of ether oxygens (including phenoxy) is 2. The SMILES string of the molecule is CC12CC(C3=C(CN4CCN(c5ccc(C(=O)CS(=O)(=O)c6ccc(CCC7(F)CCOCC7)c([N+](=O)[O-])c6)c(Oc6cnc7[nH]ccc7c6)c5)CC4)CCC4(CCC4)C3)(C1)C2. The number of nitro benzene ring substituents is 1. The van der Waals surface area contributed by atoms with Crippen molar-refractivity contribution in [1.82, 2.24) is 14.9 Å². The third-order valence-electron chi connectivity index (χ3n) is 15.5. The smallest absolute Gasteiger partial charge is 0.273 e. The molecule has 4 aromatic rings. The molecule has 5 aliphatic carbocycles. The molecule has 62 heavy (non-hydrogen) atoms. The number of fused-ring (bicyclic) bond motifs is 1. The number of aromatic amines is 1. The zero-order valence-electron chi connectivity index (χ0n) is 35.6. The highest BCUT2D eigenvalue weighted by Gasteiger charge is 2.67. The lowest BCUT2D eigenvalue weighted by atomic mass is 9.32. The van der Waals surface area contributed by atoms with Crippen LogP contribution >= 0.6 is 0 Å². The van der Waals surface area contributed by atoms with Crippen molar-refractivity contribution < 1.29 is 32.0 Å². The van der Waals surface area contributed by atoms with Gasteiger partial charge in [-0.2, -0.15) is 0 Å². The maximum Gasteiger partial charge on any atom is 0.273 e. The van der Waals surface area contributed by atoms with Gasteiger partial charge >= 0.3 is 0 Å². The second kappa shape index (κ2) is 15.5. The van der Waals surface area contributed by atoms with Crippen LogP contribution in [0.15, 0.2) is 77.0 Å². The van der Waals surface area contributed by atoms with Crippen molar-refractivity contribution in [2.75, 3.05) is 56.6 Å². The van der Waals surface area contributed by atoms with Gasteiger partial charge in [0.25, 0.3) is 5.69 Å². The van der Waals surface area contributed by atoms with Gasteiger partial charge in [0.2, 0.25) is 0 Å². The molecule has 2 aromatic heterocycles. The number of pyridine rings is 1. The molecule has 14 heteroatoms. The van der Waals surface area contributed by atoms with Gasteiger partial charge in [-0.15, -0.1) is 0 Å². The van der Waals surface area contributed by atoms with Crippen LogP contribution in [0.4, 0.5) is 15.8 Å². The topological polar surface area (TPSA) is 148 Å². The number of nitrogens with zero attached hydrogens (tertiary/aromatic N) is 4. The fourth-order valence-electron chi connectivity index (χ4n) is 12.0. The minimum absolute atomic E-state index is 0.0581. The quantitative estimate of drug-likeness (QED) is 0.0563.